The third-order valence-electron chi connectivity index (χ3n) is 5.40. The van der Waals surface area contributed by atoms with Crippen molar-refractivity contribution in [2.75, 3.05) is 38.7 Å². The molecule has 0 unspecified atom stereocenters. The number of hydrogen-bond acceptors (Lipinski definition) is 8. The van der Waals surface area contributed by atoms with Gasteiger partial charge < -0.3 is 14.4 Å². The van der Waals surface area contributed by atoms with Gasteiger partial charge in [-0.15, -0.1) is 5.10 Å². The molecule has 1 amide bonds. The summed E-state index contributed by atoms with van der Waals surface area (Å²) in [5.74, 6) is 1.97. The van der Waals surface area contributed by atoms with Gasteiger partial charge in [0.2, 0.25) is 17.9 Å². The fourth-order valence-corrected chi connectivity index (χ4v) is 4.60. The van der Waals surface area contributed by atoms with E-state index in [1.807, 2.05) is 29.2 Å². The molecule has 2 aliphatic heterocycles. The molecule has 1 aromatic heterocycles. The second kappa shape index (κ2) is 9.35. The molecular weight excluding hydrogens is 452 g/mol. The van der Waals surface area contributed by atoms with Gasteiger partial charge in [0.05, 0.1) is 11.4 Å². The Morgan fingerprint density at radius 2 is 1.81 bits per heavy atom. The van der Waals surface area contributed by atoms with Crippen LogP contribution in [0.15, 0.2) is 47.6 Å². The highest BCUT2D eigenvalue weighted by molar-refractivity contribution is 7.99. The lowest BCUT2D eigenvalue weighted by molar-refractivity contribution is -0.130. The topological polar surface area (TPSA) is 85.6 Å². The summed E-state index contributed by atoms with van der Waals surface area (Å²) in [6, 6.07) is 13.3. The van der Waals surface area contributed by atoms with Crippen molar-refractivity contribution >= 4 is 29.3 Å². The summed E-state index contributed by atoms with van der Waals surface area (Å²) in [4.78, 5) is 17.0. The standard InChI is InChI=1S/C21H21ClN6O3S/c22-16-2-4-17(5-3-16)28-21(23-24-25-28)32-13-20(29)27-9-7-26(8-10-27)12-15-1-6-18-19(11-15)31-14-30-18/h1-6,11H,7-10,12-14H2. The number of thioether (sulfide) groups is 1. The van der Waals surface area contributed by atoms with Crippen LogP contribution >= 0.6 is 23.4 Å². The van der Waals surface area contributed by atoms with Gasteiger partial charge >= 0.3 is 0 Å². The zero-order valence-corrected chi connectivity index (χ0v) is 18.8. The van der Waals surface area contributed by atoms with Crippen LogP contribution < -0.4 is 9.47 Å². The first-order valence-corrected chi connectivity index (χ1v) is 11.6. The quantitative estimate of drug-likeness (QED) is 0.506. The van der Waals surface area contributed by atoms with Gasteiger partial charge in [-0.25, -0.2) is 0 Å². The van der Waals surface area contributed by atoms with Crippen LogP contribution in [-0.4, -0.2) is 74.6 Å². The third-order valence-corrected chi connectivity index (χ3v) is 6.56. The number of halogens is 1. The lowest BCUT2D eigenvalue weighted by Gasteiger charge is -2.34. The van der Waals surface area contributed by atoms with Crippen molar-refractivity contribution in [3.63, 3.8) is 0 Å². The fraction of sp³-hybridized carbons (Fsp3) is 0.333. The third kappa shape index (κ3) is 4.67. The van der Waals surface area contributed by atoms with Crippen LogP contribution in [-0.2, 0) is 11.3 Å². The maximum absolute atomic E-state index is 12.7. The Bertz CT molecular complexity index is 1100. The number of carbonyl (C=O) groups is 1. The predicted octanol–water partition coefficient (Wildman–Crippen LogP) is 2.48. The summed E-state index contributed by atoms with van der Waals surface area (Å²) >= 11 is 7.28. The summed E-state index contributed by atoms with van der Waals surface area (Å²) in [6.45, 7) is 4.16. The molecule has 166 valence electrons. The molecule has 2 aliphatic rings. The molecule has 1 saturated heterocycles. The van der Waals surface area contributed by atoms with Gasteiger partial charge in [0.15, 0.2) is 11.5 Å². The van der Waals surface area contributed by atoms with Crippen LogP contribution in [0, 0.1) is 0 Å². The first kappa shape index (κ1) is 21.0. The van der Waals surface area contributed by atoms with E-state index in [2.05, 4.69) is 26.5 Å². The lowest BCUT2D eigenvalue weighted by Crippen LogP contribution is -2.48. The van der Waals surface area contributed by atoms with Crippen molar-refractivity contribution < 1.29 is 14.3 Å². The Labute approximate surface area is 194 Å². The van der Waals surface area contributed by atoms with Gasteiger partial charge in [-0.3, -0.25) is 9.69 Å². The van der Waals surface area contributed by atoms with Gasteiger partial charge in [-0.2, -0.15) is 4.68 Å². The van der Waals surface area contributed by atoms with Crippen molar-refractivity contribution in [1.82, 2.24) is 30.0 Å². The van der Waals surface area contributed by atoms with Crippen LogP contribution in [0.5, 0.6) is 11.5 Å². The fourth-order valence-electron chi connectivity index (χ4n) is 3.68. The van der Waals surface area contributed by atoms with Crippen molar-refractivity contribution in [2.45, 2.75) is 11.7 Å². The number of aromatic nitrogens is 4. The van der Waals surface area contributed by atoms with Crippen LogP contribution in [0.2, 0.25) is 5.02 Å². The van der Waals surface area contributed by atoms with Crippen molar-refractivity contribution in [3.8, 4) is 17.2 Å². The second-order valence-electron chi connectivity index (χ2n) is 7.48. The molecule has 9 nitrogen and oxygen atoms in total. The van der Waals surface area contributed by atoms with Crippen LogP contribution in [0.25, 0.3) is 5.69 Å². The number of carbonyl (C=O) groups excluding carboxylic acids is 1. The smallest absolute Gasteiger partial charge is 0.233 e. The minimum atomic E-state index is 0.0865. The van der Waals surface area contributed by atoms with Crippen LogP contribution in [0.3, 0.4) is 0 Å². The van der Waals surface area contributed by atoms with Crippen LogP contribution in [0.1, 0.15) is 5.56 Å². The molecule has 0 bridgehead atoms. The molecule has 0 spiro atoms. The van der Waals surface area contributed by atoms with Crippen molar-refractivity contribution in [3.05, 3.63) is 53.1 Å². The van der Waals surface area contributed by atoms with E-state index in [1.54, 1.807) is 16.8 Å². The molecule has 32 heavy (non-hydrogen) atoms. The normalized spacial score (nSPS) is 15.8. The first-order valence-electron chi connectivity index (χ1n) is 10.2. The maximum Gasteiger partial charge on any atom is 0.233 e. The van der Waals surface area contributed by atoms with Crippen LogP contribution in [0.4, 0.5) is 0 Å². The van der Waals surface area contributed by atoms with Gasteiger partial charge in [-0.1, -0.05) is 29.4 Å². The second-order valence-corrected chi connectivity index (χ2v) is 8.86. The molecule has 0 N–H and O–H groups in total. The van der Waals surface area contributed by atoms with E-state index in [1.165, 1.54) is 17.3 Å². The van der Waals surface area contributed by atoms with E-state index in [4.69, 9.17) is 21.1 Å². The van der Waals surface area contributed by atoms with E-state index in [-0.39, 0.29) is 18.5 Å². The summed E-state index contributed by atoms with van der Waals surface area (Å²) in [5.41, 5.74) is 1.98. The highest BCUT2D eigenvalue weighted by Crippen LogP contribution is 2.33. The zero-order chi connectivity index (χ0) is 21.9. The number of nitrogens with zero attached hydrogens (tertiary/aromatic N) is 6. The Morgan fingerprint density at radius 3 is 2.62 bits per heavy atom. The molecule has 0 saturated carbocycles. The van der Waals surface area contributed by atoms with Gasteiger partial charge in [0, 0.05) is 37.7 Å². The van der Waals surface area contributed by atoms with E-state index in [0.29, 0.717) is 23.3 Å². The summed E-state index contributed by atoms with van der Waals surface area (Å²) in [7, 11) is 0. The number of fused-ring (bicyclic) bond motifs is 1. The van der Waals surface area contributed by atoms with Gasteiger partial charge in [-0.05, 0) is 52.4 Å². The number of ether oxygens (including phenoxy) is 2. The lowest BCUT2D eigenvalue weighted by atomic mass is 10.1. The SMILES string of the molecule is O=C(CSc1nnnn1-c1ccc(Cl)cc1)N1CCN(Cc2ccc3c(c2)OCO3)CC1. The predicted molar refractivity (Wildman–Crippen MR) is 119 cm³/mol. The molecule has 1 fully saturated rings. The van der Waals surface area contributed by atoms with Gasteiger partial charge in [0.25, 0.3) is 0 Å². The number of benzene rings is 2. The first-order chi connectivity index (χ1) is 15.7. The highest BCUT2D eigenvalue weighted by atomic mass is 35.5. The number of rotatable bonds is 6. The average Bonchev–Trinajstić information content (AvgIpc) is 3.47. The van der Waals surface area contributed by atoms with Crippen molar-refractivity contribution in [1.29, 1.82) is 0 Å². The summed E-state index contributed by atoms with van der Waals surface area (Å²) in [6.07, 6.45) is 0. The van der Waals surface area contributed by atoms with E-state index < -0.39 is 0 Å². The number of amides is 1. The number of hydrogen-bond donors (Lipinski definition) is 0. The number of tetrazole rings is 1. The molecule has 5 rings (SSSR count). The molecule has 0 radical (unpaired) electrons. The molecule has 11 heteroatoms. The maximum atomic E-state index is 12.7. The van der Waals surface area contributed by atoms with E-state index in [0.717, 1.165) is 36.8 Å². The zero-order valence-electron chi connectivity index (χ0n) is 17.2. The monoisotopic (exact) mass is 472 g/mol. The largest absolute Gasteiger partial charge is 0.454 e. The average molecular weight is 473 g/mol. The highest BCUT2D eigenvalue weighted by Gasteiger charge is 2.23. The van der Waals surface area contributed by atoms with E-state index in [9.17, 15) is 4.79 Å². The molecular formula is C21H21ClN6O3S. The summed E-state index contributed by atoms with van der Waals surface area (Å²) in [5, 5.41) is 13.0. The minimum absolute atomic E-state index is 0.0865. The van der Waals surface area contributed by atoms with E-state index >= 15 is 0 Å². The molecule has 3 heterocycles. The molecule has 0 atom stereocenters. The molecule has 0 aliphatic carbocycles. The Kier molecular flexibility index (Phi) is 6.15. The summed E-state index contributed by atoms with van der Waals surface area (Å²) < 4.78 is 12.4. The minimum Gasteiger partial charge on any atom is -0.454 e. The van der Waals surface area contributed by atoms with Crippen molar-refractivity contribution in [2.24, 2.45) is 0 Å². The molecule has 3 aromatic rings. The Balaban J connectivity index is 1.12. The van der Waals surface area contributed by atoms with Gasteiger partial charge in [0.1, 0.15) is 0 Å². The number of piperazine rings is 1. The Morgan fingerprint density at radius 1 is 1.03 bits per heavy atom. The molecule has 2 aromatic carbocycles. The Hall–Kier alpha value is -2.82.